The Labute approximate surface area is 102 Å². The zero-order valence-electron chi connectivity index (χ0n) is 10.9. The fourth-order valence-electron chi connectivity index (χ4n) is 1.49. The van der Waals surface area contributed by atoms with Gasteiger partial charge in [-0.2, -0.15) is 0 Å². The topological polar surface area (TPSA) is 65.5 Å². The molecule has 1 heterocycles. The molecule has 0 aliphatic carbocycles. The van der Waals surface area contributed by atoms with Crippen LogP contribution in [0.25, 0.3) is 0 Å². The van der Waals surface area contributed by atoms with Gasteiger partial charge in [0.15, 0.2) is 0 Å². The SMILES string of the molecule is Cc1ccc(CC(CN)C(=O)OC(C)(C)C)o1. The Kier molecular flexibility index (Phi) is 4.34. The Balaban J connectivity index is 2.62. The summed E-state index contributed by atoms with van der Waals surface area (Å²) in [5, 5.41) is 0. The summed E-state index contributed by atoms with van der Waals surface area (Å²) in [5.41, 5.74) is 5.12. The van der Waals surface area contributed by atoms with Crippen molar-refractivity contribution in [2.24, 2.45) is 11.7 Å². The largest absolute Gasteiger partial charge is 0.466 e. The molecule has 0 amide bonds. The molecular weight excluding hydrogens is 218 g/mol. The lowest BCUT2D eigenvalue weighted by Gasteiger charge is -2.22. The van der Waals surface area contributed by atoms with Gasteiger partial charge >= 0.3 is 5.97 Å². The van der Waals surface area contributed by atoms with Crippen LogP contribution in [-0.4, -0.2) is 18.1 Å². The molecule has 1 rings (SSSR count). The lowest BCUT2D eigenvalue weighted by Crippen LogP contribution is -2.33. The smallest absolute Gasteiger partial charge is 0.311 e. The third-order valence-electron chi connectivity index (χ3n) is 2.27. The second-order valence-corrected chi connectivity index (χ2v) is 5.18. The lowest BCUT2D eigenvalue weighted by atomic mass is 10.0. The minimum absolute atomic E-state index is 0.259. The van der Waals surface area contributed by atoms with Gasteiger partial charge in [-0.3, -0.25) is 4.79 Å². The molecule has 4 heteroatoms. The highest BCUT2D eigenvalue weighted by Gasteiger charge is 2.25. The average molecular weight is 239 g/mol. The van der Waals surface area contributed by atoms with Crippen LogP contribution in [0.4, 0.5) is 0 Å². The fraction of sp³-hybridized carbons (Fsp3) is 0.615. The van der Waals surface area contributed by atoms with Crippen molar-refractivity contribution >= 4 is 5.97 Å². The molecule has 0 bridgehead atoms. The number of hydrogen-bond acceptors (Lipinski definition) is 4. The van der Waals surface area contributed by atoms with Gasteiger partial charge in [0.1, 0.15) is 17.1 Å². The quantitative estimate of drug-likeness (QED) is 0.817. The van der Waals surface area contributed by atoms with Gasteiger partial charge in [-0.25, -0.2) is 0 Å². The normalized spacial score (nSPS) is 13.5. The average Bonchev–Trinajstić information content (AvgIpc) is 2.57. The van der Waals surface area contributed by atoms with Crippen LogP contribution in [0.1, 0.15) is 32.3 Å². The van der Waals surface area contributed by atoms with Crippen molar-refractivity contribution in [3.8, 4) is 0 Å². The summed E-state index contributed by atoms with van der Waals surface area (Å²) in [4.78, 5) is 11.9. The molecule has 2 N–H and O–H groups in total. The number of carbonyl (C=O) groups is 1. The third kappa shape index (κ3) is 4.61. The summed E-state index contributed by atoms with van der Waals surface area (Å²) in [7, 11) is 0. The summed E-state index contributed by atoms with van der Waals surface area (Å²) < 4.78 is 10.7. The molecule has 0 aliphatic rings. The highest BCUT2D eigenvalue weighted by Crippen LogP contribution is 2.16. The standard InChI is InChI=1S/C13H21NO3/c1-9-5-6-11(16-9)7-10(8-14)12(15)17-13(2,3)4/h5-6,10H,7-8,14H2,1-4H3. The molecule has 17 heavy (non-hydrogen) atoms. The molecule has 1 atom stereocenters. The van der Waals surface area contributed by atoms with Crippen LogP contribution in [0, 0.1) is 12.8 Å². The van der Waals surface area contributed by atoms with E-state index in [0.29, 0.717) is 6.42 Å². The molecule has 0 aliphatic heterocycles. The molecule has 0 radical (unpaired) electrons. The first-order valence-corrected chi connectivity index (χ1v) is 5.80. The minimum Gasteiger partial charge on any atom is -0.466 e. The molecule has 1 aromatic heterocycles. The first-order chi connectivity index (χ1) is 7.81. The highest BCUT2D eigenvalue weighted by atomic mass is 16.6. The van der Waals surface area contributed by atoms with Crippen molar-refractivity contribution in [2.45, 2.75) is 39.7 Å². The van der Waals surface area contributed by atoms with Crippen molar-refractivity contribution in [1.82, 2.24) is 0 Å². The molecule has 0 aromatic carbocycles. The van der Waals surface area contributed by atoms with Gasteiger partial charge in [-0.05, 0) is 39.8 Å². The van der Waals surface area contributed by atoms with Gasteiger partial charge in [0, 0.05) is 13.0 Å². The Bertz CT molecular complexity index is 376. The summed E-state index contributed by atoms with van der Waals surface area (Å²) >= 11 is 0. The van der Waals surface area contributed by atoms with E-state index in [2.05, 4.69) is 0 Å². The second-order valence-electron chi connectivity index (χ2n) is 5.18. The zero-order chi connectivity index (χ0) is 13.1. The zero-order valence-corrected chi connectivity index (χ0v) is 10.9. The van der Waals surface area contributed by atoms with E-state index in [4.69, 9.17) is 14.9 Å². The van der Waals surface area contributed by atoms with E-state index < -0.39 is 5.60 Å². The number of rotatable bonds is 4. The van der Waals surface area contributed by atoms with Gasteiger partial charge in [0.2, 0.25) is 0 Å². The number of ether oxygens (including phenoxy) is 1. The minimum atomic E-state index is -0.483. The molecule has 96 valence electrons. The predicted octanol–water partition coefficient (Wildman–Crippen LogP) is 2.05. The Morgan fingerprint density at radius 2 is 2.12 bits per heavy atom. The van der Waals surface area contributed by atoms with Crippen LogP contribution in [0.15, 0.2) is 16.5 Å². The Morgan fingerprint density at radius 1 is 1.47 bits per heavy atom. The van der Waals surface area contributed by atoms with Crippen molar-refractivity contribution in [1.29, 1.82) is 0 Å². The molecule has 1 aromatic rings. The van der Waals surface area contributed by atoms with Crippen LogP contribution >= 0.6 is 0 Å². The first kappa shape index (κ1) is 13.8. The molecule has 0 fully saturated rings. The molecule has 0 saturated heterocycles. The van der Waals surface area contributed by atoms with Crippen LogP contribution in [0.3, 0.4) is 0 Å². The summed E-state index contributed by atoms with van der Waals surface area (Å²) in [5.74, 6) is 0.984. The van der Waals surface area contributed by atoms with Crippen LogP contribution in [0.2, 0.25) is 0 Å². The lowest BCUT2D eigenvalue weighted by molar-refractivity contribution is -0.159. The van der Waals surface area contributed by atoms with Crippen LogP contribution in [0.5, 0.6) is 0 Å². The molecule has 4 nitrogen and oxygen atoms in total. The number of aryl methyl sites for hydroxylation is 1. The number of nitrogens with two attached hydrogens (primary N) is 1. The van der Waals surface area contributed by atoms with E-state index in [1.807, 2.05) is 39.8 Å². The van der Waals surface area contributed by atoms with Crippen molar-refractivity contribution in [2.75, 3.05) is 6.54 Å². The first-order valence-electron chi connectivity index (χ1n) is 5.80. The molecule has 0 spiro atoms. The summed E-state index contributed by atoms with van der Waals surface area (Å²) in [6.07, 6.45) is 0.485. The Hall–Kier alpha value is -1.29. The summed E-state index contributed by atoms with van der Waals surface area (Å²) in [6, 6.07) is 3.74. The van der Waals surface area contributed by atoms with E-state index >= 15 is 0 Å². The number of hydrogen-bond donors (Lipinski definition) is 1. The maximum atomic E-state index is 11.9. The van der Waals surface area contributed by atoms with E-state index in [1.54, 1.807) is 0 Å². The second kappa shape index (κ2) is 5.36. The van der Waals surface area contributed by atoms with Gasteiger partial charge in [-0.1, -0.05) is 0 Å². The van der Waals surface area contributed by atoms with Crippen LogP contribution < -0.4 is 5.73 Å². The van der Waals surface area contributed by atoms with Gasteiger partial charge in [0.05, 0.1) is 5.92 Å². The monoisotopic (exact) mass is 239 g/mol. The van der Waals surface area contributed by atoms with Crippen molar-refractivity contribution in [3.05, 3.63) is 23.7 Å². The van der Waals surface area contributed by atoms with Gasteiger partial charge in [0.25, 0.3) is 0 Å². The predicted molar refractivity (Wildman–Crippen MR) is 65.5 cm³/mol. The maximum Gasteiger partial charge on any atom is 0.311 e. The van der Waals surface area contributed by atoms with Gasteiger partial charge < -0.3 is 14.9 Å². The van der Waals surface area contributed by atoms with E-state index in [-0.39, 0.29) is 18.4 Å². The highest BCUT2D eigenvalue weighted by molar-refractivity contribution is 5.73. The van der Waals surface area contributed by atoms with Gasteiger partial charge in [-0.15, -0.1) is 0 Å². The number of esters is 1. The maximum absolute atomic E-state index is 11.9. The van der Waals surface area contributed by atoms with Crippen molar-refractivity contribution in [3.63, 3.8) is 0 Å². The molecule has 0 saturated carbocycles. The van der Waals surface area contributed by atoms with E-state index in [1.165, 1.54) is 0 Å². The van der Waals surface area contributed by atoms with E-state index in [9.17, 15) is 4.79 Å². The van der Waals surface area contributed by atoms with E-state index in [0.717, 1.165) is 11.5 Å². The third-order valence-corrected chi connectivity index (χ3v) is 2.27. The molecular formula is C13H21NO3. The Morgan fingerprint density at radius 3 is 2.53 bits per heavy atom. The summed E-state index contributed by atoms with van der Waals surface area (Å²) in [6.45, 7) is 7.66. The van der Waals surface area contributed by atoms with Crippen molar-refractivity contribution < 1.29 is 13.9 Å². The number of carbonyl (C=O) groups excluding carboxylic acids is 1. The molecule has 1 unspecified atom stereocenters. The fourth-order valence-corrected chi connectivity index (χ4v) is 1.49. The van der Waals surface area contributed by atoms with Crippen LogP contribution in [-0.2, 0) is 16.0 Å². The number of furan rings is 1.